The summed E-state index contributed by atoms with van der Waals surface area (Å²) in [5.74, 6) is 0.879. The van der Waals surface area contributed by atoms with Crippen LogP contribution in [0.4, 0.5) is 0 Å². The fourth-order valence-corrected chi connectivity index (χ4v) is 1.55. The van der Waals surface area contributed by atoms with Crippen LogP contribution in [0.1, 0.15) is 11.3 Å². The Morgan fingerprint density at radius 1 is 1.18 bits per heavy atom. The maximum Gasteiger partial charge on any atom is 0.119 e. The van der Waals surface area contributed by atoms with Crippen LogP contribution in [0.2, 0.25) is 0 Å². The van der Waals surface area contributed by atoms with Crippen LogP contribution in [-0.2, 0) is 13.1 Å². The summed E-state index contributed by atoms with van der Waals surface area (Å²) in [5.41, 5.74) is 2.13. The molecule has 0 spiro atoms. The van der Waals surface area contributed by atoms with Gasteiger partial charge in [0.15, 0.2) is 0 Å². The van der Waals surface area contributed by atoms with E-state index in [2.05, 4.69) is 21.6 Å². The van der Waals surface area contributed by atoms with E-state index in [4.69, 9.17) is 4.74 Å². The Balaban J connectivity index is 1.86. The van der Waals surface area contributed by atoms with Crippen LogP contribution in [0.5, 0.6) is 5.75 Å². The fraction of sp³-hybridized carbons (Fsp3) is 0.231. The van der Waals surface area contributed by atoms with Crippen molar-refractivity contribution < 1.29 is 4.74 Å². The van der Waals surface area contributed by atoms with E-state index in [1.807, 2.05) is 30.3 Å². The van der Waals surface area contributed by atoms with E-state index in [9.17, 15) is 0 Å². The van der Waals surface area contributed by atoms with Crippen molar-refractivity contribution in [2.24, 2.45) is 0 Å². The Hall–Kier alpha value is -1.94. The lowest BCUT2D eigenvalue weighted by molar-refractivity contribution is 0.414. The molecule has 0 saturated carbocycles. The van der Waals surface area contributed by atoms with Crippen molar-refractivity contribution in [2.45, 2.75) is 13.1 Å². The number of nitrogens with one attached hydrogen (secondary N) is 1. The molecular formula is C13H15N3O. The van der Waals surface area contributed by atoms with Gasteiger partial charge >= 0.3 is 0 Å². The van der Waals surface area contributed by atoms with Gasteiger partial charge in [0.2, 0.25) is 0 Å². The molecule has 1 aromatic carbocycles. The van der Waals surface area contributed by atoms with E-state index >= 15 is 0 Å². The predicted octanol–water partition coefficient (Wildman–Crippen LogP) is 1.77. The van der Waals surface area contributed by atoms with E-state index in [0.29, 0.717) is 6.54 Å². The van der Waals surface area contributed by atoms with Crippen molar-refractivity contribution in [1.29, 1.82) is 0 Å². The van der Waals surface area contributed by atoms with Crippen LogP contribution in [0.15, 0.2) is 42.6 Å². The zero-order valence-corrected chi connectivity index (χ0v) is 9.76. The Kier molecular flexibility index (Phi) is 4.05. The summed E-state index contributed by atoms with van der Waals surface area (Å²) in [7, 11) is 1.67. The maximum atomic E-state index is 5.17. The number of rotatable bonds is 5. The van der Waals surface area contributed by atoms with Crippen LogP contribution in [0.3, 0.4) is 0 Å². The molecule has 0 aliphatic carbocycles. The third kappa shape index (κ3) is 3.53. The molecular weight excluding hydrogens is 214 g/mol. The second kappa shape index (κ2) is 5.96. The molecule has 0 aliphatic heterocycles. The lowest BCUT2D eigenvalue weighted by Gasteiger charge is -2.05. The quantitative estimate of drug-likeness (QED) is 0.849. The third-order valence-corrected chi connectivity index (χ3v) is 2.40. The number of hydrogen-bond donors (Lipinski definition) is 1. The molecule has 17 heavy (non-hydrogen) atoms. The Morgan fingerprint density at radius 2 is 2.12 bits per heavy atom. The van der Waals surface area contributed by atoms with Gasteiger partial charge < -0.3 is 10.1 Å². The molecule has 0 radical (unpaired) electrons. The smallest absolute Gasteiger partial charge is 0.119 e. The Bertz CT molecular complexity index is 459. The first-order valence-electron chi connectivity index (χ1n) is 5.49. The topological polar surface area (TPSA) is 47.0 Å². The minimum absolute atomic E-state index is 0.713. The number of hydrogen-bond acceptors (Lipinski definition) is 4. The number of methoxy groups -OCH3 is 1. The van der Waals surface area contributed by atoms with E-state index in [1.54, 1.807) is 13.3 Å². The highest BCUT2D eigenvalue weighted by Crippen LogP contribution is 2.12. The van der Waals surface area contributed by atoms with Gasteiger partial charge in [-0.25, -0.2) is 0 Å². The highest BCUT2D eigenvalue weighted by Gasteiger charge is 1.97. The zero-order chi connectivity index (χ0) is 11.9. The predicted molar refractivity (Wildman–Crippen MR) is 65.6 cm³/mol. The molecule has 0 amide bonds. The SMILES string of the molecule is COc1cccc(CNCc2cccnn2)c1. The van der Waals surface area contributed by atoms with E-state index in [-0.39, 0.29) is 0 Å². The molecule has 1 aromatic heterocycles. The number of nitrogens with zero attached hydrogens (tertiary/aromatic N) is 2. The summed E-state index contributed by atoms with van der Waals surface area (Å²) in [6, 6.07) is 11.8. The first-order chi connectivity index (χ1) is 8.38. The molecule has 0 bridgehead atoms. The average molecular weight is 229 g/mol. The molecule has 0 atom stereocenters. The van der Waals surface area contributed by atoms with E-state index in [1.165, 1.54) is 5.56 Å². The van der Waals surface area contributed by atoms with Crippen LogP contribution >= 0.6 is 0 Å². The van der Waals surface area contributed by atoms with Crippen LogP contribution in [0.25, 0.3) is 0 Å². The normalized spacial score (nSPS) is 10.2. The summed E-state index contributed by atoms with van der Waals surface area (Å²) in [4.78, 5) is 0. The average Bonchev–Trinajstić information content (AvgIpc) is 2.40. The minimum Gasteiger partial charge on any atom is -0.497 e. The Morgan fingerprint density at radius 3 is 2.88 bits per heavy atom. The van der Waals surface area contributed by atoms with Crippen molar-refractivity contribution in [3.8, 4) is 5.75 Å². The number of aromatic nitrogens is 2. The molecule has 0 unspecified atom stereocenters. The summed E-state index contributed by atoms with van der Waals surface area (Å²) >= 11 is 0. The van der Waals surface area contributed by atoms with Crippen LogP contribution < -0.4 is 10.1 Å². The van der Waals surface area contributed by atoms with Crippen LogP contribution in [0, 0.1) is 0 Å². The molecule has 0 fully saturated rings. The highest BCUT2D eigenvalue weighted by molar-refractivity contribution is 5.28. The van der Waals surface area contributed by atoms with Gasteiger partial charge in [0.1, 0.15) is 5.75 Å². The first-order valence-corrected chi connectivity index (χ1v) is 5.49. The summed E-state index contributed by atoms with van der Waals surface area (Å²) in [6.45, 7) is 1.50. The zero-order valence-electron chi connectivity index (χ0n) is 9.76. The largest absolute Gasteiger partial charge is 0.497 e. The molecule has 2 rings (SSSR count). The molecule has 0 aliphatic rings. The molecule has 4 heteroatoms. The van der Waals surface area contributed by atoms with Gasteiger partial charge in [0.25, 0.3) is 0 Å². The van der Waals surface area contributed by atoms with Crippen molar-refractivity contribution in [2.75, 3.05) is 7.11 Å². The summed E-state index contributed by atoms with van der Waals surface area (Å²) in [5, 5.41) is 11.1. The van der Waals surface area contributed by atoms with Crippen molar-refractivity contribution in [1.82, 2.24) is 15.5 Å². The van der Waals surface area contributed by atoms with E-state index < -0.39 is 0 Å². The lowest BCUT2D eigenvalue weighted by Crippen LogP contribution is -2.13. The second-order valence-electron chi connectivity index (χ2n) is 3.67. The lowest BCUT2D eigenvalue weighted by atomic mass is 10.2. The highest BCUT2D eigenvalue weighted by atomic mass is 16.5. The van der Waals surface area contributed by atoms with Gasteiger partial charge in [-0.1, -0.05) is 12.1 Å². The monoisotopic (exact) mass is 229 g/mol. The molecule has 1 heterocycles. The standard InChI is InChI=1S/C13H15N3O/c1-17-13-6-2-4-11(8-13)9-14-10-12-5-3-7-15-16-12/h2-8,14H,9-10H2,1H3. The van der Waals surface area contributed by atoms with Gasteiger partial charge in [-0.3, -0.25) is 0 Å². The molecule has 4 nitrogen and oxygen atoms in total. The number of ether oxygens (including phenoxy) is 1. The fourth-order valence-electron chi connectivity index (χ4n) is 1.55. The van der Waals surface area contributed by atoms with Gasteiger partial charge in [-0.05, 0) is 29.8 Å². The molecule has 88 valence electrons. The van der Waals surface area contributed by atoms with Crippen molar-refractivity contribution >= 4 is 0 Å². The maximum absolute atomic E-state index is 5.17. The summed E-state index contributed by atoms with van der Waals surface area (Å²) < 4.78 is 5.17. The second-order valence-corrected chi connectivity index (χ2v) is 3.67. The van der Waals surface area contributed by atoms with E-state index in [0.717, 1.165) is 18.0 Å². The van der Waals surface area contributed by atoms with Crippen molar-refractivity contribution in [3.05, 3.63) is 53.9 Å². The molecule has 1 N–H and O–H groups in total. The van der Waals surface area contributed by atoms with Crippen LogP contribution in [-0.4, -0.2) is 17.3 Å². The summed E-state index contributed by atoms with van der Waals surface area (Å²) in [6.07, 6.45) is 1.67. The molecule has 2 aromatic rings. The Labute approximate surface area is 101 Å². The minimum atomic E-state index is 0.713. The van der Waals surface area contributed by atoms with Crippen molar-refractivity contribution in [3.63, 3.8) is 0 Å². The molecule has 0 saturated heterocycles. The van der Waals surface area contributed by atoms with Gasteiger partial charge in [0, 0.05) is 19.3 Å². The van der Waals surface area contributed by atoms with Gasteiger partial charge in [-0.15, -0.1) is 0 Å². The first kappa shape index (κ1) is 11.5. The van der Waals surface area contributed by atoms with Gasteiger partial charge in [0.05, 0.1) is 12.8 Å². The number of benzene rings is 1. The third-order valence-electron chi connectivity index (χ3n) is 2.40. The van der Waals surface area contributed by atoms with Gasteiger partial charge in [-0.2, -0.15) is 10.2 Å².